The van der Waals surface area contributed by atoms with Gasteiger partial charge < -0.3 is 14.0 Å². The van der Waals surface area contributed by atoms with Crippen molar-refractivity contribution < 1.29 is 19.1 Å². The topological polar surface area (TPSA) is 69.9 Å². The number of hydrogen-bond acceptors (Lipinski definition) is 5. The van der Waals surface area contributed by atoms with Crippen LogP contribution in [0.3, 0.4) is 0 Å². The van der Waals surface area contributed by atoms with Crippen molar-refractivity contribution in [2.75, 3.05) is 13.7 Å². The number of amides is 1. The Hall–Kier alpha value is -3.16. The molecular formula is C22H17ClN2O4S. The maximum absolute atomic E-state index is 12.5. The highest BCUT2D eigenvalue weighted by Crippen LogP contribution is 2.27. The number of rotatable bonds is 5. The molecule has 6 nitrogen and oxygen atoms in total. The summed E-state index contributed by atoms with van der Waals surface area (Å²) in [6.45, 7) is -0.270. The van der Waals surface area contributed by atoms with E-state index in [-0.39, 0.29) is 13.2 Å². The minimum Gasteiger partial charge on any atom is -0.484 e. The van der Waals surface area contributed by atoms with Gasteiger partial charge in [-0.25, -0.2) is 0 Å². The van der Waals surface area contributed by atoms with Crippen molar-refractivity contribution in [1.29, 1.82) is 0 Å². The number of halogens is 1. The van der Waals surface area contributed by atoms with E-state index in [1.54, 1.807) is 28.8 Å². The van der Waals surface area contributed by atoms with Crippen molar-refractivity contribution in [3.05, 3.63) is 70.5 Å². The van der Waals surface area contributed by atoms with Gasteiger partial charge in [-0.05, 0) is 35.7 Å². The van der Waals surface area contributed by atoms with Gasteiger partial charge in [0.05, 0.1) is 17.3 Å². The van der Waals surface area contributed by atoms with Crippen LogP contribution in [0.15, 0.2) is 65.7 Å². The number of hydrogen-bond donors (Lipinski definition) is 0. The fourth-order valence-electron chi connectivity index (χ4n) is 3.05. The van der Waals surface area contributed by atoms with Crippen LogP contribution in [0.5, 0.6) is 5.75 Å². The zero-order valence-electron chi connectivity index (χ0n) is 16.0. The summed E-state index contributed by atoms with van der Waals surface area (Å²) >= 11 is 7.21. The number of methoxy groups -OCH3 is 1. The van der Waals surface area contributed by atoms with Crippen LogP contribution in [0.1, 0.15) is 0 Å². The maximum Gasteiger partial charge on any atom is 0.325 e. The van der Waals surface area contributed by atoms with Crippen LogP contribution >= 0.6 is 22.9 Å². The lowest BCUT2D eigenvalue weighted by atomic mass is 10.1. The maximum atomic E-state index is 12.5. The van der Waals surface area contributed by atoms with Gasteiger partial charge in [-0.2, -0.15) is 4.99 Å². The molecule has 4 rings (SSSR count). The van der Waals surface area contributed by atoms with Crippen molar-refractivity contribution in [2.45, 2.75) is 6.54 Å². The van der Waals surface area contributed by atoms with E-state index >= 15 is 0 Å². The van der Waals surface area contributed by atoms with E-state index in [9.17, 15) is 9.59 Å². The Morgan fingerprint density at radius 2 is 1.83 bits per heavy atom. The molecule has 0 saturated carbocycles. The smallest absolute Gasteiger partial charge is 0.325 e. The fraction of sp³-hybridized carbons (Fsp3) is 0.136. The van der Waals surface area contributed by atoms with Crippen LogP contribution < -0.4 is 9.54 Å². The van der Waals surface area contributed by atoms with E-state index < -0.39 is 11.9 Å². The number of carbonyl (C=O) groups excluding carboxylic acids is 2. The first-order chi connectivity index (χ1) is 14.5. The first kappa shape index (κ1) is 20.1. The normalized spacial score (nSPS) is 11.7. The monoisotopic (exact) mass is 440 g/mol. The van der Waals surface area contributed by atoms with E-state index in [4.69, 9.17) is 21.1 Å². The third-order valence-corrected chi connectivity index (χ3v) is 5.86. The van der Waals surface area contributed by atoms with Crippen molar-refractivity contribution in [2.24, 2.45) is 4.99 Å². The predicted octanol–water partition coefficient (Wildman–Crippen LogP) is 4.19. The average Bonchev–Trinajstić information content (AvgIpc) is 3.10. The molecule has 0 aliphatic carbocycles. The van der Waals surface area contributed by atoms with Gasteiger partial charge >= 0.3 is 5.97 Å². The molecule has 0 unspecified atom stereocenters. The highest BCUT2D eigenvalue weighted by atomic mass is 35.5. The number of aromatic nitrogens is 1. The summed E-state index contributed by atoms with van der Waals surface area (Å²) in [4.78, 5) is 29.0. The van der Waals surface area contributed by atoms with Gasteiger partial charge in [-0.1, -0.05) is 53.3 Å². The Kier molecular flexibility index (Phi) is 5.83. The van der Waals surface area contributed by atoms with Gasteiger partial charge in [-0.15, -0.1) is 0 Å². The molecule has 4 aromatic rings. The van der Waals surface area contributed by atoms with Crippen LogP contribution in [0.4, 0.5) is 0 Å². The number of carbonyl (C=O) groups is 2. The molecule has 0 fully saturated rings. The highest BCUT2D eigenvalue weighted by Gasteiger charge is 2.14. The number of esters is 1. The fourth-order valence-corrected chi connectivity index (χ4v) is 4.35. The molecular weight excluding hydrogens is 424 g/mol. The Balaban J connectivity index is 1.72. The lowest BCUT2D eigenvalue weighted by Gasteiger charge is -2.05. The van der Waals surface area contributed by atoms with E-state index in [0.29, 0.717) is 15.6 Å². The number of nitrogens with zero attached hydrogens (tertiary/aromatic N) is 2. The summed E-state index contributed by atoms with van der Waals surface area (Å²) < 4.78 is 12.9. The van der Waals surface area contributed by atoms with Crippen molar-refractivity contribution in [3.8, 4) is 5.75 Å². The Bertz CT molecular complexity index is 1310. The molecule has 0 atom stereocenters. The van der Waals surface area contributed by atoms with Crippen molar-refractivity contribution >= 4 is 55.8 Å². The lowest BCUT2D eigenvalue weighted by Crippen LogP contribution is -2.23. The van der Waals surface area contributed by atoms with Crippen molar-refractivity contribution in [3.63, 3.8) is 0 Å². The average molecular weight is 441 g/mol. The summed E-state index contributed by atoms with van der Waals surface area (Å²) in [5.41, 5.74) is 0.814. The molecule has 0 N–H and O–H groups in total. The minimum atomic E-state index is -0.459. The molecule has 152 valence electrons. The van der Waals surface area contributed by atoms with Gasteiger partial charge in [-0.3, -0.25) is 9.59 Å². The van der Waals surface area contributed by atoms with Crippen LogP contribution in [-0.4, -0.2) is 30.2 Å². The molecule has 3 aromatic carbocycles. The Labute approximate surface area is 180 Å². The number of thiazole rings is 1. The van der Waals surface area contributed by atoms with Crippen LogP contribution in [0.25, 0.3) is 21.0 Å². The number of benzene rings is 3. The van der Waals surface area contributed by atoms with Crippen LogP contribution in [0.2, 0.25) is 5.02 Å². The first-order valence-electron chi connectivity index (χ1n) is 9.09. The van der Waals surface area contributed by atoms with E-state index in [1.807, 2.05) is 36.4 Å². The molecule has 1 amide bonds. The summed E-state index contributed by atoms with van der Waals surface area (Å²) in [6.07, 6.45) is 0. The highest BCUT2D eigenvalue weighted by molar-refractivity contribution is 7.17. The van der Waals surface area contributed by atoms with Gasteiger partial charge in [0, 0.05) is 10.4 Å². The van der Waals surface area contributed by atoms with Crippen LogP contribution in [-0.2, 0) is 20.9 Å². The molecule has 0 bridgehead atoms. The minimum absolute atomic E-state index is 0.0427. The molecule has 8 heteroatoms. The third kappa shape index (κ3) is 4.22. The summed E-state index contributed by atoms with van der Waals surface area (Å²) in [7, 11) is 1.33. The van der Waals surface area contributed by atoms with Gasteiger partial charge in [0.1, 0.15) is 12.3 Å². The van der Waals surface area contributed by atoms with E-state index in [0.717, 1.165) is 21.0 Å². The van der Waals surface area contributed by atoms with E-state index in [1.165, 1.54) is 18.4 Å². The Morgan fingerprint density at radius 1 is 1.07 bits per heavy atom. The summed E-state index contributed by atoms with van der Waals surface area (Å²) in [5.74, 6) is -0.360. The largest absolute Gasteiger partial charge is 0.484 e. The molecule has 30 heavy (non-hydrogen) atoms. The number of ether oxygens (including phenoxy) is 2. The third-order valence-electron chi connectivity index (χ3n) is 4.49. The second-order valence-electron chi connectivity index (χ2n) is 6.43. The van der Waals surface area contributed by atoms with Crippen LogP contribution in [0, 0.1) is 0 Å². The zero-order valence-corrected chi connectivity index (χ0v) is 17.6. The Morgan fingerprint density at radius 3 is 2.60 bits per heavy atom. The molecule has 0 radical (unpaired) electrons. The molecule has 1 heterocycles. The molecule has 1 aromatic heterocycles. The second-order valence-corrected chi connectivity index (χ2v) is 7.84. The quantitative estimate of drug-likeness (QED) is 0.436. The SMILES string of the molecule is COC(=O)Cn1c(=NC(=O)COc2ccc(Cl)cc2)sc2c3ccccc3ccc21. The van der Waals surface area contributed by atoms with Gasteiger partial charge in [0.2, 0.25) is 0 Å². The standard InChI is InChI=1S/C22H17ClN2O4S/c1-28-20(27)12-25-18-11-6-14-4-2-3-5-17(14)21(18)30-22(25)24-19(26)13-29-16-9-7-15(23)8-10-16/h2-11H,12-13H2,1H3. The lowest BCUT2D eigenvalue weighted by molar-refractivity contribution is -0.141. The first-order valence-corrected chi connectivity index (χ1v) is 10.3. The van der Waals surface area contributed by atoms with Gasteiger partial charge in [0.15, 0.2) is 11.4 Å². The molecule has 0 aliphatic rings. The summed E-state index contributed by atoms with van der Waals surface area (Å²) in [6, 6.07) is 18.6. The molecule has 0 spiro atoms. The van der Waals surface area contributed by atoms with Crippen molar-refractivity contribution in [1.82, 2.24) is 4.57 Å². The molecule has 0 aliphatic heterocycles. The predicted molar refractivity (Wildman–Crippen MR) is 117 cm³/mol. The number of fused-ring (bicyclic) bond motifs is 3. The molecule has 0 saturated heterocycles. The van der Waals surface area contributed by atoms with Gasteiger partial charge in [0.25, 0.3) is 5.91 Å². The summed E-state index contributed by atoms with van der Waals surface area (Å²) in [5, 5.41) is 2.69. The second kappa shape index (κ2) is 8.69. The zero-order chi connectivity index (χ0) is 21.1. The van der Waals surface area contributed by atoms with E-state index in [2.05, 4.69) is 4.99 Å².